The van der Waals surface area contributed by atoms with Gasteiger partial charge in [0.15, 0.2) is 0 Å². The van der Waals surface area contributed by atoms with Gasteiger partial charge in [0.05, 0.1) is 0 Å². The number of rotatable bonds is 1. The van der Waals surface area contributed by atoms with E-state index in [-0.39, 0.29) is 6.04 Å². The smallest absolute Gasteiger partial charge is 0.373 e. The lowest BCUT2D eigenvalue weighted by atomic mass is 10.4. The van der Waals surface area contributed by atoms with Crippen LogP contribution in [-0.4, -0.2) is 29.2 Å². The van der Waals surface area contributed by atoms with Crippen LogP contribution in [0.1, 0.15) is 6.92 Å². The second-order valence-corrected chi connectivity index (χ2v) is 1.79. The number of hydrogen-bond acceptors (Lipinski definition) is 3. The van der Waals surface area contributed by atoms with E-state index in [1.165, 1.54) is 6.21 Å². The maximum absolute atomic E-state index is 9.93. The van der Waals surface area contributed by atoms with Crippen LogP contribution >= 0.6 is 0 Å². The van der Waals surface area contributed by atoms with Gasteiger partial charge in [-0.05, 0) is 6.92 Å². The molecule has 0 bridgehead atoms. The molecule has 0 aromatic heterocycles. The Balaban J connectivity index is 3.91. The molecule has 0 heterocycles. The summed E-state index contributed by atoms with van der Waals surface area (Å²) in [7, 11) is 0. The van der Waals surface area contributed by atoms with Crippen molar-refractivity contribution < 1.29 is 9.90 Å². The molecule has 1 atom stereocenters. The average Bonchev–Trinajstić information content (AvgIpc) is 1.82. The Labute approximate surface area is 58.1 Å². The number of nitrogens with one attached hydrogen (secondary N) is 1. The van der Waals surface area contributed by atoms with Crippen LogP contribution < -0.4 is 5.73 Å². The summed E-state index contributed by atoms with van der Waals surface area (Å²) in [5.41, 5.74) is 5.20. The Hall–Kier alpha value is -1.23. The lowest BCUT2D eigenvalue weighted by Crippen LogP contribution is -2.18. The van der Waals surface area contributed by atoms with Crippen LogP contribution in [0.2, 0.25) is 0 Å². The zero-order valence-corrected chi connectivity index (χ0v) is 5.53. The molecule has 5 heteroatoms. The van der Waals surface area contributed by atoms with E-state index in [1.54, 1.807) is 6.92 Å². The third kappa shape index (κ3) is 3.73. The fourth-order valence-electron chi connectivity index (χ4n) is 0.247. The molecule has 0 aliphatic heterocycles. The lowest BCUT2D eigenvalue weighted by Gasteiger charge is -1.91. The Kier molecular flexibility index (Phi) is 3.27. The third-order valence-electron chi connectivity index (χ3n) is 0.641. The molecule has 0 saturated heterocycles. The summed E-state index contributed by atoms with van der Waals surface area (Å²) >= 11 is 0. The van der Waals surface area contributed by atoms with Crippen molar-refractivity contribution in [2.45, 2.75) is 13.0 Å². The van der Waals surface area contributed by atoms with E-state index in [4.69, 9.17) is 16.2 Å². The quantitative estimate of drug-likeness (QED) is 0.339. The zero-order valence-electron chi connectivity index (χ0n) is 5.53. The van der Waals surface area contributed by atoms with Gasteiger partial charge in [-0.15, -0.1) is 0 Å². The first kappa shape index (κ1) is 8.77. The summed E-state index contributed by atoms with van der Waals surface area (Å²) in [6, 6.07) is -0.320. The van der Waals surface area contributed by atoms with E-state index >= 15 is 0 Å². The standard InChI is InChI=1S/C5H9N3O2/c1-3(6)2-8-4(7)5(9)10/h2-3,7H,6H2,1H3,(H,9,10). The molecule has 0 aromatic rings. The van der Waals surface area contributed by atoms with Gasteiger partial charge in [-0.3, -0.25) is 5.41 Å². The maximum Gasteiger partial charge on any atom is 0.373 e. The van der Waals surface area contributed by atoms with Crippen LogP contribution in [-0.2, 0) is 4.79 Å². The van der Waals surface area contributed by atoms with Gasteiger partial charge >= 0.3 is 5.97 Å². The van der Waals surface area contributed by atoms with Crippen LogP contribution in [0.5, 0.6) is 0 Å². The molecule has 0 radical (unpaired) electrons. The number of carbonyl (C=O) groups is 1. The summed E-state index contributed by atoms with van der Waals surface area (Å²) in [6.07, 6.45) is 1.20. The Morgan fingerprint density at radius 1 is 1.90 bits per heavy atom. The summed E-state index contributed by atoms with van der Waals surface area (Å²) < 4.78 is 0. The number of aliphatic carboxylic acids is 1. The van der Waals surface area contributed by atoms with Crippen LogP contribution in [0.4, 0.5) is 0 Å². The number of hydrogen-bond donors (Lipinski definition) is 3. The molecule has 0 spiro atoms. The van der Waals surface area contributed by atoms with Crippen LogP contribution in [0.15, 0.2) is 4.99 Å². The fraction of sp³-hybridized carbons (Fsp3) is 0.400. The predicted molar refractivity (Wildman–Crippen MR) is 37.5 cm³/mol. The van der Waals surface area contributed by atoms with Gasteiger partial charge in [0, 0.05) is 12.3 Å². The van der Waals surface area contributed by atoms with Crippen molar-refractivity contribution in [3.05, 3.63) is 0 Å². The minimum atomic E-state index is -1.35. The highest BCUT2D eigenvalue weighted by Gasteiger charge is 2.01. The van der Waals surface area contributed by atoms with Gasteiger partial charge in [-0.25, -0.2) is 9.79 Å². The van der Waals surface area contributed by atoms with E-state index < -0.39 is 11.8 Å². The highest BCUT2D eigenvalue weighted by molar-refractivity contribution is 6.34. The lowest BCUT2D eigenvalue weighted by molar-refractivity contribution is -0.129. The minimum Gasteiger partial charge on any atom is -0.475 e. The molecular weight excluding hydrogens is 134 g/mol. The number of nitrogens with two attached hydrogens (primary N) is 1. The van der Waals surface area contributed by atoms with Gasteiger partial charge in [0.1, 0.15) is 0 Å². The molecule has 0 saturated carbocycles. The molecule has 0 aliphatic rings. The second kappa shape index (κ2) is 3.73. The molecule has 1 unspecified atom stereocenters. The Bertz CT molecular complexity index is 174. The summed E-state index contributed by atoms with van der Waals surface area (Å²) in [5.74, 6) is -2.05. The van der Waals surface area contributed by atoms with Gasteiger partial charge in [0.25, 0.3) is 0 Å². The SMILES string of the molecule is CC(N)C=NC(=N)C(=O)O. The van der Waals surface area contributed by atoms with E-state index in [9.17, 15) is 4.79 Å². The molecule has 10 heavy (non-hydrogen) atoms. The summed E-state index contributed by atoms with van der Waals surface area (Å²) in [5, 5.41) is 14.8. The van der Waals surface area contributed by atoms with Crippen molar-refractivity contribution in [1.82, 2.24) is 0 Å². The number of nitrogens with zero attached hydrogens (tertiary/aromatic N) is 1. The largest absolute Gasteiger partial charge is 0.475 e. The van der Waals surface area contributed by atoms with Crippen molar-refractivity contribution in [1.29, 1.82) is 5.41 Å². The minimum absolute atomic E-state index is 0.320. The molecule has 0 fully saturated rings. The highest BCUT2D eigenvalue weighted by Crippen LogP contribution is 1.75. The maximum atomic E-state index is 9.93. The van der Waals surface area contributed by atoms with Crippen LogP contribution in [0.25, 0.3) is 0 Å². The molecular formula is C5H9N3O2. The number of aliphatic imine (C=N–C) groups is 1. The first-order valence-electron chi connectivity index (χ1n) is 2.65. The zero-order chi connectivity index (χ0) is 8.15. The van der Waals surface area contributed by atoms with Crippen molar-refractivity contribution in [3.63, 3.8) is 0 Å². The van der Waals surface area contributed by atoms with Crippen LogP contribution in [0, 0.1) is 5.41 Å². The first-order chi connectivity index (χ1) is 4.54. The number of amidine groups is 1. The molecule has 0 amide bonds. The van der Waals surface area contributed by atoms with E-state index in [0.29, 0.717) is 0 Å². The number of carboxylic acids is 1. The Morgan fingerprint density at radius 3 is 2.70 bits per heavy atom. The van der Waals surface area contributed by atoms with Gasteiger partial charge in [-0.1, -0.05) is 0 Å². The number of carboxylic acid groups (broad SMARTS) is 1. The Morgan fingerprint density at radius 2 is 2.40 bits per heavy atom. The van der Waals surface area contributed by atoms with Crippen molar-refractivity contribution >= 4 is 18.0 Å². The molecule has 56 valence electrons. The van der Waals surface area contributed by atoms with Crippen LogP contribution in [0.3, 0.4) is 0 Å². The summed E-state index contributed by atoms with van der Waals surface area (Å²) in [6.45, 7) is 1.64. The first-order valence-corrected chi connectivity index (χ1v) is 2.65. The third-order valence-corrected chi connectivity index (χ3v) is 0.641. The monoisotopic (exact) mass is 143 g/mol. The van der Waals surface area contributed by atoms with E-state index in [1.807, 2.05) is 0 Å². The average molecular weight is 143 g/mol. The normalized spacial score (nSPS) is 13.4. The van der Waals surface area contributed by atoms with Crippen molar-refractivity contribution in [3.8, 4) is 0 Å². The molecule has 4 N–H and O–H groups in total. The fourth-order valence-corrected chi connectivity index (χ4v) is 0.247. The van der Waals surface area contributed by atoms with Crippen molar-refractivity contribution in [2.75, 3.05) is 0 Å². The van der Waals surface area contributed by atoms with E-state index in [2.05, 4.69) is 4.99 Å². The topological polar surface area (TPSA) is 99.5 Å². The van der Waals surface area contributed by atoms with Gasteiger partial charge < -0.3 is 10.8 Å². The molecule has 5 nitrogen and oxygen atoms in total. The molecule has 0 aliphatic carbocycles. The molecule has 0 rings (SSSR count). The van der Waals surface area contributed by atoms with Gasteiger partial charge in [-0.2, -0.15) is 0 Å². The summed E-state index contributed by atoms with van der Waals surface area (Å²) in [4.78, 5) is 13.2. The van der Waals surface area contributed by atoms with Crippen molar-refractivity contribution in [2.24, 2.45) is 10.7 Å². The predicted octanol–water partition coefficient (Wildman–Crippen LogP) is -0.534. The second-order valence-electron chi connectivity index (χ2n) is 1.79. The van der Waals surface area contributed by atoms with E-state index in [0.717, 1.165) is 0 Å². The highest BCUT2D eigenvalue weighted by atomic mass is 16.4. The molecule has 0 aromatic carbocycles. The van der Waals surface area contributed by atoms with Gasteiger partial charge in [0.2, 0.25) is 5.84 Å².